The minimum Gasteiger partial charge on any atom is -0.207 e. The molecule has 0 bridgehead atoms. The smallest absolute Gasteiger partial charge is 0.123 e. The van der Waals surface area contributed by atoms with Crippen LogP contribution in [0.5, 0.6) is 0 Å². The molecule has 1 heterocycles. The third-order valence-electron chi connectivity index (χ3n) is 4.34. The lowest BCUT2D eigenvalue weighted by Gasteiger charge is -2.17. The molecule has 2 nitrogen and oxygen atoms in total. The third kappa shape index (κ3) is 3.52. The van der Waals surface area contributed by atoms with Gasteiger partial charge in [-0.25, -0.2) is 4.39 Å². The second-order valence-electron chi connectivity index (χ2n) is 6.60. The van der Waals surface area contributed by atoms with Gasteiger partial charge in [0.05, 0.1) is 11.4 Å². The minimum atomic E-state index is -0.170. The van der Waals surface area contributed by atoms with Crippen LogP contribution in [0, 0.1) is 26.6 Å². The first kappa shape index (κ1) is 16.6. The molecular formula is C19H25FN2. The van der Waals surface area contributed by atoms with Crippen molar-refractivity contribution in [2.75, 3.05) is 0 Å². The summed E-state index contributed by atoms with van der Waals surface area (Å²) in [7, 11) is 0. The van der Waals surface area contributed by atoms with Crippen molar-refractivity contribution in [1.82, 2.24) is 10.2 Å². The molecule has 0 fully saturated rings. The largest absolute Gasteiger partial charge is 0.207 e. The highest BCUT2D eigenvalue weighted by Crippen LogP contribution is 2.26. The molecule has 22 heavy (non-hydrogen) atoms. The van der Waals surface area contributed by atoms with E-state index in [2.05, 4.69) is 44.8 Å². The van der Waals surface area contributed by atoms with Crippen molar-refractivity contribution in [3.05, 3.63) is 57.7 Å². The van der Waals surface area contributed by atoms with Gasteiger partial charge < -0.3 is 0 Å². The third-order valence-corrected chi connectivity index (χ3v) is 4.34. The predicted octanol–water partition coefficient (Wildman–Crippen LogP) is 5.01. The lowest BCUT2D eigenvalue weighted by molar-refractivity contribution is 0.617. The molecule has 2 rings (SSSR count). The Hall–Kier alpha value is -1.77. The Bertz CT molecular complexity index is 657. The maximum absolute atomic E-state index is 13.6. The number of benzene rings is 1. The van der Waals surface area contributed by atoms with Crippen molar-refractivity contribution < 1.29 is 4.39 Å². The maximum atomic E-state index is 13.6. The van der Waals surface area contributed by atoms with Gasteiger partial charge in [0.15, 0.2) is 0 Å². The standard InChI is InChI=1S/C19H25FN2/c1-11(2)19-15(6)14(5)18(21-22-19)9-13(4)16-7-12(3)8-17(20)10-16/h7-8,10-11,13H,9H2,1-6H3/t13-/m0/s1. The van der Waals surface area contributed by atoms with Gasteiger partial charge in [-0.05, 0) is 73.4 Å². The average molecular weight is 300 g/mol. The highest BCUT2D eigenvalue weighted by Gasteiger charge is 2.16. The maximum Gasteiger partial charge on any atom is 0.123 e. The lowest BCUT2D eigenvalue weighted by atomic mass is 9.92. The van der Waals surface area contributed by atoms with Gasteiger partial charge in [0.1, 0.15) is 5.82 Å². The lowest BCUT2D eigenvalue weighted by Crippen LogP contribution is -2.09. The topological polar surface area (TPSA) is 25.8 Å². The number of aryl methyl sites for hydroxylation is 1. The van der Waals surface area contributed by atoms with E-state index in [1.165, 1.54) is 11.1 Å². The van der Waals surface area contributed by atoms with Crippen LogP contribution in [0.25, 0.3) is 0 Å². The molecule has 0 amide bonds. The molecule has 2 aromatic rings. The van der Waals surface area contributed by atoms with E-state index in [9.17, 15) is 4.39 Å². The quantitative estimate of drug-likeness (QED) is 0.793. The van der Waals surface area contributed by atoms with Gasteiger partial charge in [-0.3, -0.25) is 0 Å². The van der Waals surface area contributed by atoms with Crippen molar-refractivity contribution in [2.24, 2.45) is 0 Å². The zero-order valence-corrected chi connectivity index (χ0v) is 14.4. The first-order valence-electron chi connectivity index (χ1n) is 7.89. The molecule has 1 aromatic heterocycles. The summed E-state index contributed by atoms with van der Waals surface area (Å²) in [5.41, 5.74) is 6.48. The number of rotatable bonds is 4. The van der Waals surface area contributed by atoms with E-state index >= 15 is 0 Å². The van der Waals surface area contributed by atoms with Crippen LogP contribution in [0.4, 0.5) is 4.39 Å². The van der Waals surface area contributed by atoms with E-state index in [-0.39, 0.29) is 11.7 Å². The molecular weight excluding hydrogens is 275 g/mol. The van der Waals surface area contributed by atoms with Crippen molar-refractivity contribution >= 4 is 0 Å². The highest BCUT2D eigenvalue weighted by atomic mass is 19.1. The van der Waals surface area contributed by atoms with E-state index in [0.29, 0.717) is 5.92 Å². The number of hydrogen-bond acceptors (Lipinski definition) is 2. The number of aromatic nitrogens is 2. The van der Waals surface area contributed by atoms with Gasteiger partial charge in [-0.15, -0.1) is 0 Å². The van der Waals surface area contributed by atoms with Crippen LogP contribution in [0.3, 0.4) is 0 Å². The Labute approximate surface area is 132 Å². The molecule has 0 aliphatic heterocycles. The molecule has 0 unspecified atom stereocenters. The Morgan fingerprint density at radius 1 is 0.955 bits per heavy atom. The Kier molecular flexibility index (Phi) is 4.94. The SMILES string of the molecule is Cc1cc(F)cc([C@@H](C)Cc2nnc(C(C)C)c(C)c2C)c1. The minimum absolute atomic E-state index is 0.170. The second-order valence-corrected chi connectivity index (χ2v) is 6.60. The molecule has 0 radical (unpaired) electrons. The van der Waals surface area contributed by atoms with Crippen molar-refractivity contribution in [3.63, 3.8) is 0 Å². The van der Waals surface area contributed by atoms with Gasteiger partial charge in [0.25, 0.3) is 0 Å². The first-order valence-corrected chi connectivity index (χ1v) is 7.89. The number of nitrogens with zero attached hydrogens (tertiary/aromatic N) is 2. The zero-order chi connectivity index (χ0) is 16.4. The zero-order valence-electron chi connectivity index (χ0n) is 14.4. The predicted molar refractivity (Wildman–Crippen MR) is 88.9 cm³/mol. The van der Waals surface area contributed by atoms with E-state index in [1.54, 1.807) is 12.1 Å². The summed E-state index contributed by atoms with van der Waals surface area (Å²) in [6.45, 7) is 12.5. The fourth-order valence-corrected chi connectivity index (χ4v) is 2.87. The fourth-order valence-electron chi connectivity index (χ4n) is 2.87. The molecule has 0 spiro atoms. The Morgan fingerprint density at radius 2 is 1.64 bits per heavy atom. The van der Waals surface area contributed by atoms with Crippen molar-refractivity contribution in [3.8, 4) is 0 Å². The van der Waals surface area contributed by atoms with E-state index in [0.717, 1.165) is 28.9 Å². The Morgan fingerprint density at radius 3 is 2.23 bits per heavy atom. The molecule has 1 aromatic carbocycles. The molecule has 1 atom stereocenters. The number of halogens is 1. The summed E-state index contributed by atoms with van der Waals surface area (Å²) in [6, 6.07) is 5.23. The van der Waals surface area contributed by atoms with Gasteiger partial charge in [-0.2, -0.15) is 10.2 Å². The molecule has 118 valence electrons. The van der Waals surface area contributed by atoms with Gasteiger partial charge in [0, 0.05) is 0 Å². The summed E-state index contributed by atoms with van der Waals surface area (Å²) in [5.74, 6) is 0.422. The van der Waals surface area contributed by atoms with Gasteiger partial charge in [-0.1, -0.05) is 26.8 Å². The van der Waals surface area contributed by atoms with E-state index in [4.69, 9.17) is 0 Å². The molecule has 0 aliphatic carbocycles. The van der Waals surface area contributed by atoms with Crippen LogP contribution in [-0.2, 0) is 6.42 Å². The van der Waals surface area contributed by atoms with Crippen LogP contribution < -0.4 is 0 Å². The van der Waals surface area contributed by atoms with Gasteiger partial charge >= 0.3 is 0 Å². The summed E-state index contributed by atoms with van der Waals surface area (Å²) in [6.07, 6.45) is 0.779. The molecule has 0 saturated heterocycles. The molecule has 0 aliphatic rings. The van der Waals surface area contributed by atoms with Crippen molar-refractivity contribution in [1.29, 1.82) is 0 Å². The molecule has 0 N–H and O–H groups in total. The Balaban J connectivity index is 2.28. The van der Waals surface area contributed by atoms with Gasteiger partial charge in [0.2, 0.25) is 0 Å². The van der Waals surface area contributed by atoms with Crippen LogP contribution in [0.2, 0.25) is 0 Å². The summed E-state index contributed by atoms with van der Waals surface area (Å²) in [4.78, 5) is 0. The van der Waals surface area contributed by atoms with Crippen LogP contribution in [0.15, 0.2) is 18.2 Å². The monoisotopic (exact) mass is 300 g/mol. The normalized spacial score (nSPS) is 12.7. The summed E-state index contributed by atoms with van der Waals surface area (Å²) >= 11 is 0. The van der Waals surface area contributed by atoms with Crippen molar-refractivity contribution in [2.45, 2.75) is 59.8 Å². The fraction of sp³-hybridized carbons (Fsp3) is 0.474. The van der Waals surface area contributed by atoms with Crippen LogP contribution >= 0.6 is 0 Å². The van der Waals surface area contributed by atoms with E-state index in [1.807, 2.05) is 13.0 Å². The first-order chi connectivity index (χ1) is 10.3. The summed E-state index contributed by atoms with van der Waals surface area (Å²) in [5, 5.41) is 8.82. The molecule has 0 saturated carbocycles. The summed E-state index contributed by atoms with van der Waals surface area (Å²) < 4.78 is 13.6. The van der Waals surface area contributed by atoms with Crippen LogP contribution in [0.1, 0.15) is 66.2 Å². The average Bonchev–Trinajstić information content (AvgIpc) is 2.42. The number of hydrogen-bond donors (Lipinski definition) is 0. The second kappa shape index (κ2) is 6.55. The molecule has 3 heteroatoms. The van der Waals surface area contributed by atoms with E-state index < -0.39 is 0 Å². The highest BCUT2D eigenvalue weighted by molar-refractivity contribution is 5.34. The van der Waals surface area contributed by atoms with Crippen LogP contribution in [-0.4, -0.2) is 10.2 Å².